The van der Waals surface area contributed by atoms with Crippen LogP contribution in [0.4, 0.5) is 0 Å². The highest BCUT2D eigenvalue weighted by Crippen LogP contribution is 2.40. The fourth-order valence-corrected chi connectivity index (χ4v) is 7.12. The summed E-state index contributed by atoms with van der Waals surface area (Å²) >= 11 is 0. The van der Waals surface area contributed by atoms with E-state index in [2.05, 4.69) is 30.3 Å². The van der Waals surface area contributed by atoms with Crippen molar-refractivity contribution in [1.82, 2.24) is 19.9 Å². The van der Waals surface area contributed by atoms with Gasteiger partial charge in [0.1, 0.15) is 22.3 Å². The molecule has 4 aromatic heterocycles. The van der Waals surface area contributed by atoms with E-state index in [1.54, 1.807) is 0 Å². The molecule has 5 heterocycles. The van der Waals surface area contributed by atoms with Crippen LogP contribution < -0.4 is 5.59 Å². The van der Waals surface area contributed by atoms with Gasteiger partial charge in [0.15, 0.2) is 17.5 Å². The number of fused-ring (bicyclic) bond motifs is 7. The van der Waals surface area contributed by atoms with Gasteiger partial charge in [-0.2, -0.15) is 0 Å². The van der Waals surface area contributed by atoms with Gasteiger partial charge < -0.3 is 18.1 Å². The molecule has 5 aromatic carbocycles. The number of nitrogens with zero attached hydrogens (tertiary/aromatic N) is 4. The number of aromatic nitrogens is 4. The Kier molecular flexibility index (Phi) is 6.35. The molecule has 246 valence electrons. The highest BCUT2D eigenvalue weighted by Gasteiger charge is 2.52. The Bertz CT molecular complexity index is 2710. The van der Waals surface area contributed by atoms with E-state index in [0.29, 0.717) is 34.2 Å². The Morgan fingerprint density at radius 3 is 1.41 bits per heavy atom. The summed E-state index contributed by atoms with van der Waals surface area (Å²) in [5.74, 6) is 1.43. The third kappa shape index (κ3) is 4.55. The van der Waals surface area contributed by atoms with Crippen molar-refractivity contribution in [3.63, 3.8) is 0 Å². The summed E-state index contributed by atoms with van der Waals surface area (Å²) in [5, 5.41) is 5.86. The molecule has 10 rings (SSSR count). The zero-order valence-electron chi connectivity index (χ0n) is 28.5. The van der Waals surface area contributed by atoms with Crippen molar-refractivity contribution >= 4 is 67.4 Å². The van der Waals surface area contributed by atoms with E-state index < -0.39 is 18.3 Å². The van der Waals surface area contributed by atoms with Crippen molar-refractivity contribution in [3.05, 3.63) is 115 Å². The standard InChI is InChI=1S/C42H31BN4O4/c1-41(2)42(3,4)51-43(50-41)37-29-16-6-5-13-24(29)32(23-44-37)40-46-38(30-19-11-17-27-25-14-7-9-21-33(25)48-35(27)30)45-39(47-40)31-20-12-18-28-26-15-8-10-22-34(26)49-36(28)31/h5-23H,1-4H3. The summed E-state index contributed by atoms with van der Waals surface area (Å²) < 4.78 is 25.8. The molecule has 1 aliphatic rings. The Hall–Kier alpha value is -5.90. The summed E-state index contributed by atoms with van der Waals surface area (Å²) in [5.41, 5.74) is 4.99. The average Bonchev–Trinajstić information content (AvgIpc) is 3.79. The third-order valence-corrected chi connectivity index (χ3v) is 10.5. The van der Waals surface area contributed by atoms with E-state index in [-0.39, 0.29) is 0 Å². The van der Waals surface area contributed by atoms with Gasteiger partial charge in [-0.1, -0.05) is 84.9 Å². The van der Waals surface area contributed by atoms with Gasteiger partial charge in [-0.25, -0.2) is 15.0 Å². The molecule has 0 N–H and O–H groups in total. The van der Waals surface area contributed by atoms with Crippen LogP contribution in [0.5, 0.6) is 0 Å². The zero-order chi connectivity index (χ0) is 34.5. The van der Waals surface area contributed by atoms with Crippen molar-refractivity contribution in [2.24, 2.45) is 0 Å². The Balaban J connectivity index is 1.23. The number of furan rings is 2. The molecule has 0 atom stereocenters. The molecule has 1 aliphatic heterocycles. The molecule has 9 aromatic rings. The second-order valence-corrected chi connectivity index (χ2v) is 14.1. The monoisotopic (exact) mass is 666 g/mol. The van der Waals surface area contributed by atoms with Crippen molar-refractivity contribution in [2.45, 2.75) is 38.9 Å². The second kappa shape index (κ2) is 10.8. The highest BCUT2D eigenvalue weighted by atomic mass is 16.7. The summed E-state index contributed by atoms with van der Waals surface area (Å²) in [7, 11) is -0.630. The van der Waals surface area contributed by atoms with Crippen molar-refractivity contribution < 1.29 is 18.1 Å². The summed E-state index contributed by atoms with van der Waals surface area (Å²) in [6.07, 6.45) is 1.81. The van der Waals surface area contributed by atoms with Gasteiger partial charge in [0.05, 0.1) is 27.9 Å². The van der Waals surface area contributed by atoms with Crippen molar-refractivity contribution in [1.29, 1.82) is 0 Å². The van der Waals surface area contributed by atoms with Crippen LogP contribution in [0.3, 0.4) is 0 Å². The maximum absolute atomic E-state index is 6.46. The first-order valence-corrected chi connectivity index (χ1v) is 17.1. The van der Waals surface area contributed by atoms with Crippen molar-refractivity contribution in [2.75, 3.05) is 0 Å². The van der Waals surface area contributed by atoms with Crippen molar-refractivity contribution in [3.8, 4) is 34.2 Å². The number of rotatable bonds is 4. The molecule has 0 aliphatic carbocycles. The molecule has 0 unspecified atom stereocenters. The molecule has 0 radical (unpaired) electrons. The van der Waals surface area contributed by atoms with Gasteiger partial charge in [-0.05, 0) is 57.3 Å². The van der Waals surface area contributed by atoms with Crippen LogP contribution in [0.1, 0.15) is 27.7 Å². The minimum absolute atomic E-state index is 0.473. The van der Waals surface area contributed by atoms with Crippen LogP contribution in [-0.4, -0.2) is 38.3 Å². The fraction of sp³-hybridized carbons (Fsp3) is 0.143. The van der Waals surface area contributed by atoms with Crippen LogP contribution >= 0.6 is 0 Å². The summed E-state index contributed by atoms with van der Waals surface area (Å²) in [4.78, 5) is 20.4. The van der Waals surface area contributed by atoms with E-state index in [4.69, 9.17) is 38.1 Å². The minimum Gasteiger partial charge on any atom is -0.455 e. The van der Waals surface area contributed by atoms with E-state index in [1.807, 2.05) is 113 Å². The van der Waals surface area contributed by atoms with Gasteiger partial charge in [0.2, 0.25) is 0 Å². The third-order valence-electron chi connectivity index (χ3n) is 10.5. The summed E-state index contributed by atoms with van der Waals surface area (Å²) in [6.45, 7) is 8.18. The van der Waals surface area contributed by atoms with E-state index in [9.17, 15) is 0 Å². The lowest BCUT2D eigenvalue weighted by atomic mass is 9.80. The number of benzene rings is 5. The molecule has 1 saturated heterocycles. The zero-order valence-corrected chi connectivity index (χ0v) is 28.5. The fourth-order valence-electron chi connectivity index (χ4n) is 7.12. The molecule has 0 amide bonds. The Labute approximate surface area is 293 Å². The second-order valence-electron chi connectivity index (χ2n) is 14.1. The van der Waals surface area contributed by atoms with Gasteiger partial charge >= 0.3 is 7.12 Å². The first-order valence-electron chi connectivity index (χ1n) is 17.1. The van der Waals surface area contributed by atoms with E-state index in [1.165, 1.54) is 0 Å². The van der Waals surface area contributed by atoms with Crippen LogP contribution in [-0.2, 0) is 9.31 Å². The molecular formula is C42H31BN4O4. The Morgan fingerprint density at radius 1 is 0.451 bits per heavy atom. The predicted octanol–water partition coefficient (Wildman–Crippen LogP) is 9.52. The van der Waals surface area contributed by atoms with Crippen LogP contribution in [0, 0.1) is 0 Å². The number of pyridine rings is 1. The molecule has 1 fully saturated rings. The predicted molar refractivity (Wildman–Crippen MR) is 202 cm³/mol. The lowest BCUT2D eigenvalue weighted by Gasteiger charge is -2.32. The number of hydrogen-bond donors (Lipinski definition) is 0. The topological polar surface area (TPSA) is 96.3 Å². The first kappa shape index (κ1) is 30.0. The minimum atomic E-state index is -0.630. The molecule has 8 nitrogen and oxygen atoms in total. The largest absolute Gasteiger partial charge is 0.515 e. The molecule has 51 heavy (non-hydrogen) atoms. The van der Waals surface area contributed by atoms with Crippen LogP contribution in [0.2, 0.25) is 0 Å². The Morgan fingerprint density at radius 2 is 0.882 bits per heavy atom. The molecular weight excluding hydrogens is 635 g/mol. The summed E-state index contributed by atoms with van der Waals surface area (Å²) in [6, 6.07) is 36.3. The molecule has 0 saturated carbocycles. The van der Waals surface area contributed by atoms with Gasteiger partial charge in [0, 0.05) is 38.7 Å². The average molecular weight is 667 g/mol. The van der Waals surface area contributed by atoms with Crippen LogP contribution in [0.25, 0.3) is 88.8 Å². The normalized spacial score (nSPS) is 15.6. The first-order chi connectivity index (χ1) is 24.8. The molecule has 0 bridgehead atoms. The smallest absolute Gasteiger partial charge is 0.455 e. The van der Waals surface area contributed by atoms with E-state index >= 15 is 0 Å². The quantitative estimate of drug-likeness (QED) is 0.171. The van der Waals surface area contributed by atoms with Gasteiger partial charge in [-0.3, -0.25) is 4.98 Å². The lowest BCUT2D eigenvalue weighted by molar-refractivity contribution is 0.00578. The van der Waals surface area contributed by atoms with Crippen LogP contribution in [0.15, 0.2) is 124 Å². The SMILES string of the molecule is CC1(C)OB(c2ncc(-c3nc(-c4cccc5c4oc4ccccc45)nc(-c4cccc5c4oc4ccccc45)n3)c3ccccc23)OC1(C)C. The number of hydrogen-bond acceptors (Lipinski definition) is 8. The number of para-hydroxylation sites is 4. The van der Waals surface area contributed by atoms with Gasteiger partial charge in [0.25, 0.3) is 0 Å². The maximum atomic E-state index is 6.46. The van der Waals surface area contributed by atoms with E-state index in [0.717, 1.165) is 60.2 Å². The maximum Gasteiger partial charge on any atom is 0.515 e. The molecule has 9 heteroatoms. The lowest BCUT2D eigenvalue weighted by Crippen LogP contribution is -2.41. The molecule has 0 spiro atoms. The van der Waals surface area contributed by atoms with Gasteiger partial charge in [-0.15, -0.1) is 0 Å². The highest BCUT2D eigenvalue weighted by molar-refractivity contribution is 6.64.